The molecule has 76 valence electrons. The predicted octanol–water partition coefficient (Wildman–Crippen LogP) is 3.60. The largest absolute Gasteiger partial charge is 0.283 e. The molecule has 0 spiro atoms. The van der Waals surface area contributed by atoms with Crippen LogP contribution in [0.1, 0.15) is 17.6 Å². The third kappa shape index (κ3) is 2.06. The first kappa shape index (κ1) is 11.0. The zero-order valence-electron chi connectivity index (χ0n) is 7.13. The molecule has 0 saturated heterocycles. The second-order valence-corrected chi connectivity index (χ2v) is 3.57. The first-order valence-electron chi connectivity index (χ1n) is 3.66. The molecule has 0 N–H and O–H groups in total. The molecule has 1 aromatic carbocycles. The van der Waals surface area contributed by atoms with E-state index in [1.165, 1.54) is 13.0 Å². The fraction of sp³-hybridized carbons (Fsp3) is 0.250. The Kier molecular flexibility index (Phi) is 3.15. The van der Waals surface area contributed by atoms with Crippen LogP contribution in [0.15, 0.2) is 16.6 Å². The Hall–Kier alpha value is -1.04. The molecule has 1 rings (SSSR count). The number of hydrogen-bond donors (Lipinski definition) is 0. The monoisotopic (exact) mass is 265 g/mol. The van der Waals surface area contributed by atoms with Crippen molar-refractivity contribution in [3.05, 3.63) is 37.8 Å². The molecule has 0 amide bonds. The second kappa shape index (κ2) is 4.00. The maximum atomic E-state index is 12.4. The van der Waals surface area contributed by atoms with E-state index in [0.29, 0.717) is 5.56 Å². The lowest BCUT2D eigenvalue weighted by Crippen LogP contribution is -1.95. The van der Waals surface area contributed by atoms with Crippen molar-refractivity contribution >= 4 is 21.6 Å². The van der Waals surface area contributed by atoms with E-state index in [1.54, 1.807) is 0 Å². The highest BCUT2D eigenvalue weighted by Crippen LogP contribution is 2.32. The van der Waals surface area contributed by atoms with Gasteiger partial charge in [-0.3, -0.25) is 10.1 Å². The summed E-state index contributed by atoms with van der Waals surface area (Å²) in [5, 5.41) is 10.4. The van der Waals surface area contributed by atoms with Crippen molar-refractivity contribution in [2.24, 2.45) is 0 Å². The Labute approximate surface area is 87.0 Å². The first-order chi connectivity index (χ1) is 6.43. The predicted molar refractivity (Wildman–Crippen MR) is 50.5 cm³/mol. The molecule has 1 aromatic rings. The standard InChI is InChI=1S/C8H6BrF2NO2/c1-4-2-6(9)7(12(13)14)3-5(4)8(10)11/h2-3,8H,1H3. The van der Waals surface area contributed by atoms with Crippen molar-refractivity contribution in [1.29, 1.82) is 0 Å². The number of aryl methyl sites for hydroxylation is 1. The molecule has 0 atom stereocenters. The van der Waals surface area contributed by atoms with Gasteiger partial charge in [-0.25, -0.2) is 8.78 Å². The van der Waals surface area contributed by atoms with Gasteiger partial charge in [-0.15, -0.1) is 0 Å². The summed E-state index contributed by atoms with van der Waals surface area (Å²) in [6, 6.07) is 2.21. The number of nitro groups is 1. The smallest absolute Gasteiger partial charge is 0.258 e. The number of benzene rings is 1. The van der Waals surface area contributed by atoms with E-state index in [1.807, 2.05) is 0 Å². The Morgan fingerprint density at radius 2 is 2.07 bits per heavy atom. The highest BCUT2D eigenvalue weighted by Gasteiger charge is 2.19. The molecule has 0 aromatic heterocycles. The highest BCUT2D eigenvalue weighted by molar-refractivity contribution is 9.10. The zero-order chi connectivity index (χ0) is 10.9. The van der Waals surface area contributed by atoms with E-state index in [4.69, 9.17) is 0 Å². The van der Waals surface area contributed by atoms with Gasteiger partial charge in [0, 0.05) is 11.6 Å². The van der Waals surface area contributed by atoms with Crippen molar-refractivity contribution in [2.45, 2.75) is 13.3 Å². The van der Waals surface area contributed by atoms with E-state index in [-0.39, 0.29) is 15.7 Å². The second-order valence-electron chi connectivity index (χ2n) is 2.72. The van der Waals surface area contributed by atoms with Gasteiger partial charge in [-0.1, -0.05) is 0 Å². The summed E-state index contributed by atoms with van der Waals surface area (Å²) in [6.45, 7) is 1.48. The molecular formula is C8H6BrF2NO2. The summed E-state index contributed by atoms with van der Waals surface area (Å²) in [5.41, 5.74) is -0.316. The van der Waals surface area contributed by atoms with Crippen LogP contribution in [0, 0.1) is 17.0 Å². The van der Waals surface area contributed by atoms with E-state index in [9.17, 15) is 18.9 Å². The van der Waals surface area contributed by atoms with Gasteiger partial charge in [0.05, 0.1) is 9.40 Å². The van der Waals surface area contributed by atoms with Crippen LogP contribution < -0.4 is 0 Å². The molecule has 0 saturated carbocycles. The number of hydrogen-bond acceptors (Lipinski definition) is 2. The number of nitrogens with zero attached hydrogens (tertiary/aromatic N) is 1. The third-order valence-corrected chi connectivity index (χ3v) is 2.40. The molecule has 0 aliphatic heterocycles. The molecule has 0 radical (unpaired) electrons. The van der Waals surface area contributed by atoms with Gasteiger partial charge in [0.2, 0.25) is 0 Å². The topological polar surface area (TPSA) is 43.1 Å². The summed E-state index contributed by atoms with van der Waals surface area (Å²) >= 11 is 2.94. The Balaban J connectivity index is 3.34. The molecule has 0 aliphatic rings. The van der Waals surface area contributed by atoms with Crippen LogP contribution in [-0.4, -0.2) is 4.92 Å². The molecule has 3 nitrogen and oxygen atoms in total. The number of halogens is 3. The van der Waals surface area contributed by atoms with Crippen molar-refractivity contribution in [1.82, 2.24) is 0 Å². The molecule has 14 heavy (non-hydrogen) atoms. The minimum Gasteiger partial charge on any atom is -0.258 e. The van der Waals surface area contributed by atoms with Crippen LogP contribution in [0.4, 0.5) is 14.5 Å². The average molecular weight is 266 g/mol. The fourth-order valence-electron chi connectivity index (χ4n) is 1.05. The number of rotatable bonds is 2. The van der Waals surface area contributed by atoms with Gasteiger partial charge < -0.3 is 0 Å². The lowest BCUT2D eigenvalue weighted by molar-refractivity contribution is -0.385. The Morgan fingerprint density at radius 1 is 1.50 bits per heavy atom. The quantitative estimate of drug-likeness (QED) is 0.606. The van der Waals surface area contributed by atoms with Gasteiger partial charge in [-0.05, 0) is 34.5 Å². The van der Waals surface area contributed by atoms with Crippen molar-refractivity contribution in [3.8, 4) is 0 Å². The molecule has 0 heterocycles. The van der Waals surface area contributed by atoms with Crippen LogP contribution in [0.25, 0.3) is 0 Å². The Bertz CT molecular complexity index is 382. The van der Waals surface area contributed by atoms with E-state index < -0.39 is 11.3 Å². The van der Waals surface area contributed by atoms with E-state index >= 15 is 0 Å². The SMILES string of the molecule is Cc1cc(Br)c([N+](=O)[O-])cc1C(F)F. The fourth-order valence-corrected chi connectivity index (χ4v) is 1.66. The minimum atomic E-state index is -2.69. The summed E-state index contributed by atoms with van der Waals surface area (Å²) in [7, 11) is 0. The van der Waals surface area contributed by atoms with E-state index in [2.05, 4.69) is 15.9 Å². The highest BCUT2D eigenvalue weighted by atomic mass is 79.9. The van der Waals surface area contributed by atoms with Crippen LogP contribution in [-0.2, 0) is 0 Å². The number of nitro benzene ring substituents is 1. The normalized spacial score (nSPS) is 10.6. The third-order valence-electron chi connectivity index (χ3n) is 1.77. The zero-order valence-corrected chi connectivity index (χ0v) is 8.72. The molecule has 0 aliphatic carbocycles. The van der Waals surface area contributed by atoms with Crippen molar-refractivity contribution in [2.75, 3.05) is 0 Å². The summed E-state index contributed by atoms with van der Waals surface area (Å²) < 4.78 is 24.9. The average Bonchev–Trinajstić information content (AvgIpc) is 2.02. The molecule has 6 heteroatoms. The maximum absolute atomic E-state index is 12.4. The van der Waals surface area contributed by atoms with Gasteiger partial charge in [0.25, 0.3) is 12.1 Å². The van der Waals surface area contributed by atoms with Gasteiger partial charge in [-0.2, -0.15) is 0 Å². The van der Waals surface area contributed by atoms with Gasteiger partial charge >= 0.3 is 0 Å². The number of alkyl halides is 2. The molecule has 0 bridgehead atoms. The van der Waals surface area contributed by atoms with Crippen LogP contribution >= 0.6 is 15.9 Å². The van der Waals surface area contributed by atoms with Gasteiger partial charge in [0.1, 0.15) is 0 Å². The lowest BCUT2D eigenvalue weighted by atomic mass is 10.1. The van der Waals surface area contributed by atoms with E-state index in [0.717, 1.165) is 6.07 Å². The summed E-state index contributed by atoms with van der Waals surface area (Å²) in [4.78, 5) is 9.74. The maximum Gasteiger partial charge on any atom is 0.283 e. The van der Waals surface area contributed by atoms with Crippen LogP contribution in [0.5, 0.6) is 0 Å². The first-order valence-corrected chi connectivity index (χ1v) is 4.45. The van der Waals surface area contributed by atoms with Crippen molar-refractivity contribution < 1.29 is 13.7 Å². The summed E-state index contributed by atoms with van der Waals surface area (Å²) in [6.07, 6.45) is -2.69. The summed E-state index contributed by atoms with van der Waals surface area (Å²) in [5.74, 6) is 0. The lowest BCUT2D eigenvalue weighted by Gasteiger charge is -2.05. The molecule has 0 fully saturated rings. The molecular weight excluding hydrogens is 260 g/mol. The van der Waals surface area contributed by atoms with Crippen LogP contribution in [0.3, 0.4) is 0 Å². The molecule has 0 unspecified atom stereocenters. The minimum absolute atomic E-state index is 0.212. The Morgan fingerprint density at radius 3 is 2.50 bits per heavy atom. The van der Waals surface area contributed by atoms with Crippen LogP contribution in [0.2, 0.25) is 0 Å². The van der Waals surface area contributed by atoms with Gasteiger partial charge in [0.15, 0.2) is 0 Å². The van der Waals surface area contributed by atoms with Crippen molar-refractivity contribution in [3.63, 3.8) is 0 Å².